The van der Waals surface area contributed by atoms with Gasteiger partial charge < -0.3 is 20.1 Å². The molecule has 0 bridgehead atoms. The number of carbonyl (C=O) groups excluding carboxylic acids is 2. The van der Waals surface area contributed by atoms with Crippen molar-refractivity contribution in [2.75, 3.05) is 19.8 Å². The highest BCUT2D eigenvalue weighted by molar-refractivity contribution is 5.77. The second-order valence-corrected chi connectivity index (χ2v) is 4.96. The lowest BCUT2D eigenvalue weighted by Gasteiger charge is -2.15. The van der Waals surface area contributed by atoms with Gasteiger partial charge in [-0.1, -0.05) is 18.2 Å². The molecule has 2 amide bonds. The van der Waals surface area contributed by atoms with E-state index in [-0.39, 0.29) is 31.5 Å². The molecule has 0 radical (unpaired) electrons. The summed E-state index contributed by atoms with van der Waals surface area (Å²) >= 11 is 0. The number of benzene rings is 1. The Morgan fingerprint density at radius 1 is 1.21 bits per heavy atom. The van der Waals surface area contributed by atoms with E-state index in [2.05, 4.69) is 15.4 Å². The van der Waals surface area contributed by atoms with E-state index >= 15 is 0 Å². The van der Waals surface area contributed by atoms with Crippen LogP contribution in [0.4, 0.5) is 18.0 Å². The molecular formula is C15H19F3N2O4. The van der Waals surface area contributed by atoms with Crippen LogP contribution in [-0.2, 0) is 9.53 Å². The molecule has 1 rings (SSSR count). The zero-order valence-electron chi connectivity index (χ0n) is 13.1. The fraction of sp³-hybridized carbons (Fsp3) is 0.467. The van der Waals surface area contributed by atoms with E-state index < -0.39 is 18.9 Å². The van der Waals surface area contributed by atoms with E-state index in [1.807, 2.05) is 18.2 Å². The first-order chi connectivity index (χ1) is 11.3. The number of amides is 2. The van der Waals surface area contributed by atoms with Gasteiger partial charge in [-0.2, -0.15) is 13.2 Å². The number of rotatable bonds is 8. The molecule has 0 fully saturated rings. The van der Waals surface area contributed by atoms with E-state index in [0.29, 0.717) is 5.75 Å². The normalized spacial score (nSPS) is 12.2. The van der Waals surface area contributed by atoms with Crippen LogP contribution >= 0.6 is 0 Å². The van der Waals surface area contributed by atoms with Crippen LogP contribution in [0.25, 0.3) is 0 Å². The summed E-state index contributed by atoms with van der Waals surface area (Å²) in [4.78, 5) is 22.6. The van der Waals surface area contributed by atoms with Gasteiger partial charge in [0.05, 0.1) is 6.04 Å². The molecule has 0 unspecified atom stereocenters. The Bertz CT molecular complexity index is 523. The number of hydrogen-bond acceptors (Lipinski definition) is 4. The Morgan fingerprint density at radius 3 is 2.50 bits per heavy atom. The monoisotopic (exact) mass is 348 g/mol. The van der Waals surface area contributed by atoms with Crippen LogP contribution in [0.5, 0.6) is 5.75 Å². The van der Waals surface area contributed by atoms with E-state index in [1.54, 1.807) is 19.1 Å². The van der Waals surface area contributed by atoms with Crippen molar-refractivity contribution >= 4 is 12.0 Å². The first-order valence-electron chi connectivity index (χ1n) is 7.21. The van der Waals surface area contributed by atoms with E-state index in [9.17, 15) is 22.8 Å². The van der Waals surface area contributed by atoms with Crippen LogP contribution in [0.3, 0.4) is 0 Å². The van der Waals surface area contributed by atoms with Crippen molar-refractivity contribution in [3.05, 3.63) is 30.3 Å². The number of carbonyl (C=O) groups is 2. The second-order valence-electron chi connectivity index (χ2n) is 4.96. The molecule has 0 aromatic heterocycles. The number of nitrogens with one attached hydrogen (secondary N) is 2. The average molecular weight is 348 g/mol. The minimum atomic E-state index is -4.58. The molecule has 0 heterocycles. The quantitative estimate of drug-likeness (QED) is 0.755. The smallest absolute Gasteiger partial charge is 0.422 e. The summed E-state index contributed by atoms with van der Waals surface area (Å²) in [5.41, 5.74) is 0. The third kappa shape index (κ3) is 9.54. The van der Waals surface area contributed by atoms with Crippen molar-refractivity contribution < 1.29 is 32.2 Å². The minimum Gasteiger partial charge on any atom is -0.491 e. The van der Waals surface area contributed by atoms with Gasteiger partial charge in [-0.15, -0.1) is 0 Å². The minimum absolute atomic E-state index is 0.0865. The van der Waals surface area contributed by atoms with Crippen molar-refractivity contribution in [3.8, 4) is 5.75 Å². The van der Waals surface area contributed by atoms with Gasteiger partial charge in [0.15, 0.2) is 6.61 Å². The van der Waals surface area contributed by atoms with Crippen LogP contribution in [0.1, 0.15) is 13.3 Å². The van der Waals surface area contributed by atoms with Crippen LogP contribution in [-0.4, -0.2) is 44.0 Å². The fourth-order valence-electron chi connectivity index (χ4n) is 1.60. The van der Waals surface area contributed by atoms with E-state index in [1.165, 1.54) is 0 Å². The van der Waals surface area contributed by atoms with Gasteiger partial charge in [0, 0.05) is 13.0 Å². The van der Waals surface area contributed by atoms with Crippen LogP contribution in [0.2, 0.25) is 0 Å². The van der Waals surface area contributed by atoms with Gasteiger partial charge in [-0.3, -0.25) is 4.79 Å². The van der Waals surface area contributed by atoms with Crippen LogP contribution in [0, 0.1) is 0 Å². The molecule has 9 heteroatoms. The molecule has 2 N–H and O–H groups in total. The van der Waals surface area contributed by atoms with Gasteiger partial charge in [-0.05, 0) is 19.1 Å². The standard InChI is InChI=1S/C15H19F3N2O4/c1-11(9-23-12-5-3-2-4-6-12)20-13(21)7-8-19-14(22)24-10-15(16,17)18/h2-6,11H,7-10H2,1H3,(H,19,22)(H,20,21)/t11-/m0/s1. The molecule has 1 aromatic rings. The van der Waals surface area contributed by atoms with Crippen LogP contribution in [0.15, 0.2) is 30.3 Å². The van der Waals surface area contributed by atoms with Crippen LogP contribution < -0.4 is 15.4 Å². The van der Waals surface area contributed by atoms with E-state index in [0.717, 1.165) is 0 Å². The Kier molecular flexibility index (Phi) is 7.87. The highest BCUT2D eigenvalue weighted by atomic mass is 19.4. The molecule has 24 heavy (non-hydrogen) atoms. The summed E-state index contributed by atoms with van der Waals surface area (Å²) in [5, 5.41) is 4.71. The number of alkyl halides is 3. The number of ether oxygens (including phenoxy) is 2. The maximum atomic E-state index is 11.8. The molecular weight excluding hydrogens is 329 g/mol. The van der Waals surface area contributed by atoms with E-state index in [4.69, 9.17) is 4.74 Å². The molecule has 0 aliphatic heterocycles. The molecule has 6 nitrogen and oxygen atoms in total. The van der Waals surface area contributed by atoms with Crippen molar-refractivity contribution in [2.45, 2.75) is 25.6 Å². The van der Waals surface area contributed by atoms with Crippen molar-refractivity contribution in [3.63, 3.8) is 0 Å². The molecule has 1 aromatic carbocycles. The lowest BCUT2D eigenvalue weighted by atomic mass is 10.3. The Labute approximate surface area is 137 Å². The van der Waals surface area contributed by atoms with Gasteiger partial charge in [0.2, 0.25) is 5.91 Å². The molecule has 0 spiro atoms. The Hall–Kier alpha value is -2.45. The van der Waals surface area contributed by atoms with Gasteiger partial charge in [0.1, 0.15) is 12.4 Å². The summed E-state index contributed by atoms with van der Waals surface area (Å²) in [6.07, 6.45) is -5.89. The number of para-hydroxylation sites is 1. The number of halogens is 3. The molecule has 0 saturated heterocycles. The first kappa shape index (κ1) is 19.6. The molecule has 1 atom stereocenters. The molecule has 0 aliphatic carbocycles. The summed E-state index contributed by atoms with van der Waals surface area (Å²) < 4.78 is 44.9. The lowest BCUT2D eigenvalue weighted by molar-refractivity contribution is -0.160. The number of hydrogen-bond donors (Lipinski definition) is 2. The molecule has 134 valence electrons. The third-order valence-electron chi connectivity index (χ3n) is 2.64. The second kappa shape index (κ2) is 9.64. The Balaban J connectivity index is 2.13. The highest BCUT2D eigenvalue weighted by Gasteiger charge is 2.29. The third-order valence-corrected chi connectivity index (χ3v) is 2.64. The van der Waals surface area contributed by atoms with Crippen molar-refractivity contribution in [1.29, 1.82) is 0 Å². The molecule has 0 saturated carbocycles. The predicted molar refractivity (Wildman–Crippen MR) is 79.6 cm³/mol. The predicted octanol–water partition coefficient (Wildman–Crippen LogP) is 2.25. The van der Waals surface area contributed by atoms with Crippen molar-refractivity contribution in [2.24, 2.45) is 0 Å². The summed E-state index contributed by atoms with van der Waals surface area (Å²) in [5.74, 6) is 0.308. The largest absolute Gasteiger partial charge is 0.491 e. The maximum Gasteiger partial charge on any atom is 0.422 e. The van der Waals surface area contributed by atoms with Crippen molar-refractivity contribution in [1.82, 2.24) is 10.6 Å². The SMILES string of the molecule is C[C@@H](COc1ccccc1)NC(=O)CCNC(=O)OCC(F)(F)F. The summed E-state index contributed by atoms with van der Waals surface area (Å²) in [7, 11) is 0. The topological polar surface area (TPSA) is 76.7 Å². The fourth-order valence-corrected chi connectivity index (χ4v) is 1.60. The zero-order chi connectivity index (χ0) is 18.0. The summed E-state index contributed by atoms with van der Waals surface area (Å²) in [6, 6.07) is 8.79. The van der Waals surface area contributed by atoms with Gasteiger partial charge in [0.25, 0.3) is 0 Å². The first-order valence-corrected chi connectivity index (χ1v) is 7.21. The lowest BCUT2D eigenvalue weighted by Crippen LogP contribution is -2.39. The highest BCUT2D eigenvalue weighted by Crippen LogP contribution is 2.14. The maximum absolute atomic E-state index is 11.8. The summed E-state index contributed by atoms with van der Waals surface area (Å²) in [6.45, 7) is 0.205. The van der Waals surface area contributed by atoms with Gasteiger partial charge >= 0.3 is 12.3 Å². The van der Waals surface area contributed by atoms with Gasteiger partial charge in [-0.25, -0.2) is 4.79 Å². The number of alkyl carbamates (subject to hydrolysis) is 1. The zero-order valence-corrected chi connectivity index (χ0v) is 13.1. The average Bonchev–Trinajstić information content (AvgIpc) is 2.51. The Morgan fingerprint density at radius 2 is 1.88 bits per heavy atom. The molecule has 0 aliphatic rings.